The molecule has 29 heavy (non-hydrogen) atoms. The standard InChI is InChI=1S/C25H22ClF3/c1-2-3-4-5-17-6-10-19(11-7-17)21-14-13-20(24(26)25(21)29)12-8-18-9-15-22(27)23(28)16-18/h2-3,6-7,9-11,13-16H,4-5,8,12H2,1H3/b3-2+. The van der Waals surface area contributed by atoms with Gasteiger partial charge >= 0.3 is 0 Å². The van der Waals surface area contributed by atoms with Crippen LogP contribution in [0.2, 0.25) is 5.02 Å². The molecule has 0 saturated carbocycles. The fraction of sp³-hybridized carbons (Fsp3) is 0.200. The summed E-state index contributed by atoms with van der Waals surface area (Å²) in [5, 5.41) is 0.0715. The van der Waals surface area contributed by atoms with Crippen molar-refractivity contribution in [3.8, 4) is 11.1 Å². The van der Waals surface area contributed by atoms with Crippen molar-refractivity contribution in [1.82, 2.24) is 0 Å². The lowest BCUT2D eigenvalue weighted by molar-refractivity contribution is 0.507. The molecule has 150 valence electrons. The quantitative estimate of drug-likeness (QED) is 0.347. The number of hydrogen-bond donors (Lipinski definition) is 0. The summed E-state index contributed by atoms with van der Waals surface area (Å²) in [6.07, 6.45) is 6.94. The van der Waals surface area contributed by atoms with E-state index in [2.05, 4.69) is 6.08 Å². The fourth-order valence-corrected chi connectivity index (χ4v) is 3.51. The summed E-state index contributed by atoms with van der Waals surface area (Å²) in [4.78, 5) is 0. The van der Waals surface area contributed by atoms with E-state index < -0.39 is 17.5 Å². The molecule has 0 aliphatic heterocycles. The van der Waals surface area contributed by atoms with E-state index in [9.17, 15) is 13.2 Å². The van der Waals surface area contributed by atoms with E-state index in [-0.39, 0.29) is 5.02 Å². The lowest BCUT2D eigenvalue weighted by atomic mass is 9.98. The average molecular weight is 415 g/mol. The number of halogens is 4. The van der Waals surface area contributed by atoms with E-state index in [1.165, 1.54) is 11.6 Å². The van der Waals surface area contributed by atoms with Gasteiger partial charge < -0.3 is 0 Å². The van der Waals surface area contributed by atoms with Crippen molar-refractivity contribution in [2.45, 2.75) is 32.6 Å². The maximum Gasteiger partial charge on any atom is 0.159 e. The Morgan fingerprint density at radius 2 is 1.52 bits per heavy atom. The largest absolute Gasteiger partial charge is 0.205 e. The van der Waals surface area contributed by atoms with Gasteiger partial charge in [0.05, 0.1) is 5.02 Å². The second-order valence-electron chi connectivity index (χ2n) is 6.95. The Kier molecular flexibility index (Phi) is 7.16. The maximum absolute atomic E-state index is 14.9. The monoisotopic (exact) mass is 414 g/mol. The first-order chi connectivity index (χ1) is 14.0. The minimum Gasteiger partial charge on any atom is -0.205 e. The van der Waals surface area contributed by atoms with E-state index in [4.69, 9.17) is 11.6 Å². The lowest BCUT2D eigenvalue weighted by Crippen LogP contribution is -1.97. The summed E-state index contributed by atoms with van der Waals surface area (Å²) in [5.41, 5.74) is 3.69. The molecular weight excluding hydrogens is 393 g/mol. The van der Waals surface area contributed by atoms with Gasteiger partial charge in [-0.1, -0.05) is 66.2 Å². The summed E-state index contributed by atoms with van der Waals surface area (Å²) in [5.74, 6) is -2.23. The zero-order chi connectivity index (χ0) is 20.8. The molecule has 0 N–H and O–H groups in total. The van der Waals surface area contributed by atoms with Crippen molar-refractivity contribution in [1.29, 1.82) is 0 Å². The number of rotatable bonds is 7. The van der Waals surface area contributed by atoms with Gasteiger partial charge in [0.15, 0.2) is 11.6 Å². The Labute approximate surface area is 174 Å². The molecule has 0 fully saturated rings. The van der Waals surface area contributed by atoms with E-state index in [1.807, 2.05) is 37.3 Å². The van der Waals surface area contributed by atoms with Gasteiger partial charge in [-0.2, -0.15) is 0 Å². The zero-order valence-electron chi connectivity index (χ0n) is 16.2. The van der Waals surface area contributed by atoms with Gasteiger partial charge in [0, 0.05) is 5.56 Å². The second-order valence-corrected chi connectivity index (χ2v) is 7.33. The van der Waals surface area contributed by atoms with Gasteiger partial charge in [-0.3, -0.25) is 0 Å². The van der Waals surface area contributed by atoms with Crippen molar-refractivity contribution in [3.63, 3.8) is 0 Å². The Morgan fingerprint density at radius 1 is 0.793 bits per heavy atom. The minimum absolute atomic E-state index is 0.0715. The molecule has 0 amide bonds. The predicted octanol–water partition coefficient (Wildman–Crippen LogP) is 7.72. The van der Waals surface area contributed by atoms with Gasteiger partial charge in [0.1, 0.15) is 5.82 Å². The highest BCUT2D eigenvalue weighted by Crippen LogP contribution is 2.31. The Hall–Kier alpha value is -2.52. The SMILES string of the molecule is C/C=C/CCc1ccc(-c2ccc(CCc3ccc(F)c(F)c3)c(Cl)c2F)cc1. The topological polar surface area (TPSA) is 0 Å². The second kappa shape index (κ2) is 9.80. The van der Waals surface area contributed by atoms with E-state index in [1.54, 1.807) is 12.1 Å². The van der Waals surface area contributed by atoms with Crippen molar-refractivity contribution < 1.29 is 13.2 Å². The van der Waals surface area contributed by atoms with Crippen molar-refractivity contribution in [2.75, 3.05) is 0 Å². The van der Waals surface area contributed by atoms with Crippen LogP contribution in [0, 0.1) is 17.5 Å². The molecule has 3 aromatic rings. The van der Waals surface area contributed by atoms with Crippen molar-refractivity contribution in [2.24, 2.45) is 0 Å². The summed E-state index contributed by atoms with van der Waals surface area (Å²) < 4.78 is 41.3. The first kappa shape index (κ1) is 21.2. The highest BCUT2D eigenvalue weighted by atomic mass is 35.5. The molecular formula is C25H22ClF3. The first-order valence-corrected chi connectivity index (χ1v) is 9.98. The number of allylic oxidation sites excluding steroid dienone is 2. The normalized spacial score (nSPS) is 11.3. The Morgan fingerprint density at radius 3 is 2.21 bits per heavy atom. The third-order valence-electron chi connectivity index (χ3n) is 4.93. The molecule has 0 unspecified atom stereocenters. The molecule has 0 heterocycles. The van der Waals surface area contributed by atoms with Crippen LogP contribution in [-0.2, 0) is 19.3 Å². The molecule has 4 heteroatoms. The highest BCUT2D eigenvalue weighted by Gasteiger charge is 2.14. The summed E-state index contributed by atoms with van der Waals surface area (Å²) >= 11 is 6.27. The van der Waals surface area contributed by atoms with Gasteiger partial charge in [-0.25, -0.2) is 13.2 Å². The molecule has 0 spiro atoms. The molecule has 0 radical (unpaired) electrons. The predicted molar refractivity (Wildman–Crippen MR) is 114 cm³/mol. The molecule has 0 aliphatic rings. The van der Waals surface area contributed by atoms with E-state index in [0.717, 1.165) is 30.5 Å². The van der Waals surface area contributed by atoms with Gasteiger partial charge in [0.25, 0.3) is 0 Å². The molecule has 0 nitrogen and oxygen atoms in total. The summed E-state index contributed by atoms with van der Waals surface area (Å²) in [7, 11) is 0. The number of benzene rings is 3. The van der Waals surface area contributed by atoms with Crippen LogP contribution in [-0.4, -0.2) is 0 Å². The molecule has 0 saturated heterocycles. The van der Waals surface area contributed by atoms with Crippen LogP contribution < -0.4 is 0 Å². The van der Waals surface area contributed by atoms with Crippen LogP contribution in [0.3, 0.4) is 0 Å². The lowest BCUT2D eigenvalue weighted by Gasteiger charge is -2.11. The third kappa shape index (κ3) is 5.30. The highest BCUT2D eigenvalue weighted by molar-refractivity contribution is 6.31. The van der Waals surface area contributed by atoms with Crippen molar-refractivity contribution in [3.05, 3.63) is 106 Å². The van der Waals surface area contributed by atoms with Crippen LogP contribution in [0.4, 0.5) is 13.2 Å². The van der Waals surface area contributed by atoms with Crippen LogP contribution in [0.25, 0.3) is 11.1 Å². The van der Waals surface area contributed by atoms with Crippen molar-refractivity contribution >= 4 is 11.6 Å². The maximum atomic E-state index is 14.9. The molecule has 3 rings (SSSR count). The molecule has 3 aromatic carbocycles. The first-order valence-electron chi connectivity index (χ1n) is 9.61. The van der Waals surface area contributed by atoms with Gasteiger partial charge in [-0.05, 0) is 67.0 Å². The average Bonchev–Trinajstić information content (AvgIpc) is 2.72. The number of hydrogen-bond acceptors (Lipinski definition) is 0. The third-order valence-corrected chi connectivity index (χ3v) is 5.34. The van der Waals surface area contributed by atoms with Gasteiger partial charge in [0.2, 0.25) is 0 Å². The molecule has 0 aromatic heterocycles. The summed E-state index contributed by atoms with van der Waals surface area (Å²) in [6, 6.07) is 15.1. The smallest absolute Gasteiger partial charge is 0.159 e. The van der Waals surface area contributed by atoms with Crippen LogP contribution >= 0.6 is 11.6 Å². The Balaban J connectivity index is 1.74. The van der Waals surface area contributed by atoms with E-state index >= 15 is 0 Å². The summed E-state index contributed by atoms with van der Waals surface area (Å²) in [6.45, 7) is 2.00. The number of aryl methyl sites for hydroxylation is 3. The zero-order valence-corrected chi connectivity index (χ0v) is 16.9. The van der Waals surface area contributed by atoms with Crippen LogP contribution in [0.15, 0.2) is 66.7 Å². The van der Waals surface area contributed by atoms with Gasteiger partial charge in [-0.15, -0.1) is 0 Å². The minimum atomic E-state index is -0.885. The molecule has 0 atom stereocenters. The Bertz CT molecular complexity index is 1010. The van der Waals surface area contributed by atoms with E-state index in [0.29, 0.717) is 29.5 Å². The fourth-order valence-electron chi connectivity index (χ4n) is 3.25. The van der Waals surface area contributed by atoms with Crippen LogP contribution in [0.5, 0.6) is 0 Å². The van der Waals surface area contributed by atoms with Crippen LogP contribution in [0.1, 0.15) is 30.0 Å². The molecule has 0 aliphatic carbocycles. The molecule has 0 bridgehead atoms.